The van der Waals surface area contributed by atoms with E-state index in [9.17, 15) is 4.79 Å². The van der Waals surface area contributed by atoms with E-state index in [4.69, 9.17) is 4.74 Å². The number of aryl methyl sites for hydroxylation is 1. The maximum absolute atomic E-state index is 12.6. The summed E-state index contributed by atoms with van der Waals surface area (Å²) in [6.07, 6.45) is 4.06. The zero-order chi connectivity index (χ0) is 18.0. The Labute approximate surface area is 151 Å². The van der Waals surface area contributed by atoms with E-state index in [0.29, 0.717) is 6.04 Å². The minimum absolute atomic E-state index is 0.245. The lowest BCUT2D eigenvalue weighted by Gasteiger charge is -2.33. The van der Waals surface area contributed by atoms with Gasteiger partial charge >= 0.3 is 6.09 Å². The number of anilines is 2. The number of hydrogen-bond acceptors (Lipinski definition) is 4. The molecule has 0 spiro atoms. The molecule has 1 aromatic carbocycles. The zero-order valence-electron chi connectivity index (χ0n) is 16.0. The van der Waals surface area contributed by atoms with Crippen molar-refractivity contribution in [2.45, 2.75) is 58.1 Å². The summed E-state index contributed by atoms with van der Waals surface area (Å²) in [6.45, 7) is 8.72. The van der Waals surface area contributed by atoms with E-state index in [1.807, 2.05) is 20.8 Å². The predicted molar refractivity (Wildman–Crippen MR) is 102 cm³/mol. The van der Waals surface area contributed by atoms with Gasteiger partial charge in [-0.15, -0.1) is 0 Å². The molecule has 2 aliphatic rings. The maximum atomic E-state index is 12.6. The van der Waals surface area contributed by atoms with E-state index in [2.05, 4.69) is 35.5 Å². The highest BCUT2D eigenvalue weighted by Crippen LogP contribution is 2.32. The number of fused-ring (bicyclic) bond motifs is 1. The average molecular weight is 345 g/mol. The smallest absolute Gasteiger partial charge is 0.414 e. The first-order valence-electron chi connectivity index (χ1n) is 9.40. The molecule has 2 heterocycles. The van der Waals surface area contributed by atoms with E-state index >= 15 is 0 Å². The van der Waals surface area contributed by atoms with Gasteiger partial charge in [0.1, 0.15) is 5.60 Å². The molecular formula is C20H31N3O2. The molecule has 1 saturated heterocycles. The van der Waals surface area contributed by atoms with Crippen molar-refractivity contribution in [2.75, 3.05) is 36.9 Å². The zero-order valence-corrected chi connectivity index (χ0v) is 16.0. The van der Waals surface area contributed by atoms with Crippen LogP contribution in [-0.4, -0.2) is 49.3 Å². The van der Waals surface area contributed by atoms with Crippen molar-refractivity contribution in [1.82, 2.24) is 4.90 Å². The molecule has 138 valence electrons. The molecule has 5 nitrogen and oxygen atoms in total. The fourth-order valence-corrected chi connectivity index (χ4v) is 3.56. The summed E-state index contributed by atoms with van der Waals surface area (Å²) in [5.74, 6) is 0. The summed E-state index contributed by atoms with van der Waals surface area (Å²) in [5, 5.41) is 3.65. The molecule has 0 unspecified atom stereocenters. The van der Waals surface area contributed by atoms with Crippen LogP contribution in [0.5, 0.6) is 0 Å². The van der Waals surface area contributed by atoms with E-state index < -0.39 is 5.60 Å². The first-order chi connectivity index (χ1) is 11.8. The monoisotopic (exact) mass is 345 g/mol. The lowest BCUT2D eigenvalue weighted by molar-refractivity contribution is 0.0578. The molecule has 0 saturated carbocycles. The Morgan fingerprint density at radius 2 is 1.92 bits per heavy atom. The van der Waals surface area contributed by atoms with Crippen LogP contribution in [0.4, 0.5) is 16.2 Å². The Balaban J connectivity index is 1.74. The van der Waals surface area contributed by atoms with Crippen molar-refractivity contribution in [1.29, 1.82) is 0 Å². The fourth-order valence-electron chi connectivity index (χ4n) is 3.56. The highest BCUT2D eigenvalue weighted by atomic mass is 16.6. The molecule has 0 atom stereocenters. The molecule has 1 amide bonds. The number of ether oxygens (including phenoxy) is 1. The molecule has 0 aliphatic carbocycles. The van der Waals surface area contributed by atoms with Gasteiger partial charge in [-0.2, -0.15) is 0 Å². The van der Waals surface area contributed by atoms with Crippen LogP contribution in [0.25, 0.3) is 0 Å². The van der Waals surface area contributed by atoms with Gasteiger partial charge in [-0.05, 0) is 84.3 Å². The van der Waals surface area contributed by atoms with Gasteiger partial charge in [0, 0.05) is 18.3 Å². The number of amides is 1. The summed E-state index contributed by atoms with van der Waals surface area (Å²) in [6, 6.07) is 6.93. The van der Waals surface area contributed by atoms with Gasteiger partial charge in [-0.1, -0.05) is 6.07 Å². The number of likely N-dealkylation sites (tertiary alicyclic amines) is 1. The van der Waals surface area contributed by atoms with Crippen LogP contribution in [0.15, 0.2) is 18.2 Å². The van der Waals surface area contributed by atoms with Crippen LogP contribution in [0.2, 0.25) is 0 Å². The Morgan fingerprint density at radius 3 is 2.60 bits per heavy atom. The lowest BCUT2D eigenvalue weighted by Crippen LogP contribution is -2.40. The van der Waals surface area contributed by atoms with Crippen LogP contribution in [0.1, 0.15) is 45.6 Å². The van der Waals surface area contributed by atoms with Crippen LogP contribution in [0, 0.1) is 0 Å². The number of piperidine rings is 1. The van der Waals surface area contributed by atoms with Gasteiger partial charge in [-0.3, -0.25) is 4.90 Å². The third-order valence-electron chi connectivity index (χ3n) is 4.91. The van der Waals surface area contributed by atoms with Gasteiger partial charge in [-0.25, -0.2) is 4.79 Å². The number of nitrogens with zero attached hydrogens (tertiary/aromatic N) is 2. The molecule has 0 bridgehead atoms. The molecule has 1 fully saturated rings. The SMILES string of the molecule is CN1CCC(Nc2ccc3c(c2)N(C(=O)OC(C)(C)C)CCC3)CC1. The largest absolute Gasteiger partial charge is 0.443 e. The Morgan fingerprint density at radius 1 is 1.20 bits per heavy atom. The molecule has 1 N–H and O–H groups in total. The van der Waals surface area contributed by atoms with Crippen LogP contribution >= 0.6 is 0 Å². The first kappa shape index (κ1) is 18.1. The number of hydrogen-bond donors (Lipinski definition) is 1. The van der Waals surface area contributed by atoms with Crippen molar-refractivity contribution < 1.29 is 9.53 Å². The van der Waals surface area contributed by atoms with E-state index in [-0.39, 0.29) is 6.09 Å². The molecule has 0 radical (unpaired) electrons. The van der Waals surface area contributed by atoms with E-state index in [0.717, 1.165) is 56.7 Å². The number of rotatable bonds is 2. The van der Waals surface area contributed by atoms with Crippen molar-refractivity contribution in [2.24, 2.45) is 0 Å². The van der Waals surface area contributed by atoms with E-state index in [1.54, 1.807) is 4.90 Å². The Kier molecular flexibility index (Phi) is 5.23. The normalized spacial score (nSPS) is 19.4. The third kappa shape index (κ3) is 4.66. The number of carbonyl (C=O) groups is 1. The standard InChI is InChI=1S/C20H31N3O2/c1-20(2,3)25-19(24)23-11-5-6-15-7-8-17(14-18(15)23)21-16-9-12-22(4)13-10-16/h7-8,14,16,21H,5-6,9-13H2,1-4H3. The molecule has 2 aliphatic heterocycles. The average Bonchev–Trinajstić information content (AvgIpc) is 2.55. The van der Waals surface area contributed by atoms with E-state index in [1.165, 1.54) is 5.56 Å². The van der Waals surface area contributed by atoms with Crippen LogP contribution < -0.4 is 10.2 Å². The second kappa shape index (κ2) is 7.24. The van der Waals surface area contributed by atoms with Gasteiger partial charge in [0.2, 0.25) is 0 Å². The van der Waals surface area contributed by atoms with Gasteiger partial charge in [0.05, 0.1) is 5.69 Å². The minimum atomic E-state index is -0.474. The predicted octanol–water partition coefficient (Wildman–Crippen LogP) is 3.88. The summed E-state index contributed by atoms with van der Waals surface area (Å²) in [7, 11) is 2.17. The highest BCUT2D eigenvalue weighted by Gasteiger charge is 2.27. The summed E-state index contributed by atoms with van der Waals surface area (Å²) in [5.41, 5.74) is 2.85. The second-order valence-corrected chi connectivity index (χ2v) is 8.30. The Hall–Kier alpha value is -1.75. The summed E-state index contributed by atoms with van der Waals surface area (Å²) >= 11 is 0. The summed E-state index contributed by atoms with van der Waals surface area (Å²) in [4.78, 5) is 16.8. The first-order valence-corrected chi connectivity index (χ1v) is 9.40. The fraction of sp³-hybridized carbons (Fsp3) is 0.650. The van der Waals surface area contributed by atoms with Crippen molar-refractivity contribution in [3.63, 3.8) is 0 Å². The molecule has 25 heavy (non-hydrogen) atoms. The lowest BCUT2D eigenvalue weighted by atomic mass is 10.0. The minimum Gasteiger partial charge on any atom is -0.443 e. The van der Waals surface area contributed by atoms with Crippen LogP contribution in [0.3, 0.4) is 0 Å². The number of benzene rings is 1. The maximum Gasteiger partial charge on any atom is 0.414 e. The molecule has 5 heteroatoms. The molecule has 3 rings (SSSR count). The van der Waals surface area contributed by atoms with Gasteiger partial charge in [0.15, 0.2) is 0 Å². The van der Waals surface area contributed by atoms with Gasteiger partial charge < -0.3 is 15.0 Å². The van der Waals surface area contributed by atoms with Crippen molar-refractivity contribution in [3.8, 4) is 0 Å². The number of nitrogens with one attached hydrogen (secondary N) is 1. The van der Waals surface area contributed by atoms with Crippen molar-refractivity contribution >= 4 is 17.5 Å². The summed E-state index contributed by atoms with van der Waals surface area (Å²) < 4.78 is 5.60. The third-order valence-corrected chi connectivity index (χ3v) is 4.91. The van der Waals surface area contributed by atoms with Gasteiger partial charge in [0.25, 0.3) is 0 Å². The van der Waals surface area contributed by atoms with Crippen molar-refractivity contribution in [3.05, 3.63) is 23.8 Å². The molecule has 0 aromatic heterocycles. The topological polar surface area (TPSA) is 44.8 Å². The second-order valence-electron chi connectivity index (χ2n) is 8.30. The quantitative estimate of drug-likeness (QED) is 0.883. The van der Waals surface area contributed by atoms with Crippen LogP contribution in [-0.2, 0) is 11.2 Å². The molecule has 1 aromatic rings. The number of carbonyl (C=O) groups excluding carboxylic acids is 1. The Bertz CT molecular complexity index is 616. The highest BCUT2D eigenvalue weighted by molar-refractivity contribution is 5.90. The molecular weight excluding hydrogens is 314 g/mol.